The summed E-state index contributed by atoms with van der Waals surface area (Å²) >= 11 is 6.35. The fourth-order valence-corrected chi connectivity index (χ4v) is 4.37. The Labute approximate surface area is 198 Å². The number of methoxy groups -OCH3 is 1. The number of halogens is 1. The summed E-state index contributed by atoms with van der Waals surface area (Å²) in [4.78, 5) is 19.3. The lowest BCUT2D eigenvalue weighted by Crippen LogP contribution is -2.48. The van der Waals surface area contributed by atoms with E-state index in [4.69, 9.17) is 21.1 Å². The number of morpholine rings is 1. The topological polar surface area (TPSA) is 81.5 Å². The van der Waals surface area contributed by atoms with Crippen LogP contribution in [-0.2, 0) is 4.74 Å². The number of rotatable bonds is 6. The summed E-state index contributed by atoms with van der Waals surface area (Å²) in [6, 6.07) is 8.93. The molecule has 3 aromatic rings. The van der Waals surface area contributed by atoms with Crippen LogP contribution < -0.4 is 10.1 Å². The van der Waals surface area contributed by atoms with Gasteiger partial charge in [0.05, 0.1) is 24.3 Å². The molecule has 0 saturated carbocycles. The third-order valence-electron chi connectivity index (χ3n) is 5.54. The summed E-state index contributed by atoms with van der Waals surface area (Å²) in [5.74, 6) is 0.579. The van der Waals surface area contributed by atoms with Crippen LogP contribution in [0.25, 0.3) is 22.4 Å². The molecule has 0 radical (unpaired) electrons. The van der Waals surface area contributed by atoms with Crippen molar-refractivity contribution in [3.8, 4) is 28.1 Å². The molecular formula is C24H28ClN5O3. The molecule has 3 heterocycles. The van der Waals surface area contributed by atoms with Gasteiger partial charge in [-0.05, 0) is 49.7 Å². The Bertz CT molecular complexity index is 1090. The van der Waals surface area contributed by atoms with Crippen molar-refractivity contribution in [2.45, 2.75) is 26.1 Å². The van der Waals surface area contributed by atoms with Gasteiger partial charge in [0, 0.05) is 55.9 Å². The van der Waals surface area contributed by atoms with Crippen LogP contribution in [0.4, 0.5) is 4.79 Å². The van der Waals surface area contributed by atoms with Gasteiger partial charge in [-0.3, -0.25) is 9.88 Å². The van der Waals surface area contributed by atoms with Gasteiger partial charge in [-0.1, -0.05) is 11.6 Å². The highest BCUT2D eigenvalue weighted by Gasteiger charge is 2.22. The minimum atomic E-state index is -0.287. The second-order valence-electron chi connectivity index (χ2n) is 8.17. The fourth-order valence-electron chi connectivity index (χ4n) is 4.12. The molecule has 8 nitrogen and oxygen atoms in total. The second-order valence-corrected chi connectivity index (χ2v) is 8.58. The van der Waals surface area contributed by atoms with Crippen LogP contribution in [-0.4, -0.2) is 71.2 Å². The van der Waals surface area contributed by atoms with Crippen molar-refractivity contribution in [1.82, 2.24) is 25.0 Å². The number of benzene rings is 1. The summed E-state index contributed by atoms with van der Waals surface area (Å²) in [5.41, 5.74) is 3.15. The largest absolute Gasteiger partial charge is 0.495 e. The third kappa shape index (κ3) is 5.52. The van der Waals surface area contributed by atoms with Crippen LogP contribution in [0, 0.1) is 0 Å². The number of amides is 1. The van der Waals surface area contributed by atoms with Gasteiger partial charge in [-0.25, -0.2) is 4.79 Å². The number of nitrogens with zero attached hydrogens (tertiary/aromatic N) is 4. The van der Waals surface area contributed by atoms with Gasteiger partial charge in [-0.2, -0.15) is 9.78 Å². The summed E-state index contributed by atoms with van der Waals surface area (Å²) in [5, 5.41) is 8.04. The van der Waals surface area contributed by atoms with Crippen LogP contribution in [0.15, 0.2) is 48.9 Å². The smallest absolute Gasteiger partial charge is 0.342 e. The summed E-state index contributed by atoms with van der Waals surface area (Å²) in [6.45, 7) is 7.12. The van der Waals surface area contributed by atoms with E-state index in [-0.39, 0.29) is 18.2 Å². The second kappa shape index (κ2) is 10.3. The van der Waals surface area contributed by atoms with Gasteiger partial charge in [-0.15, -0.1) is 0 Å². The average molecular weight is 470 g/mol. The van der Waals surface area contributed by atoms with E-state index in [2.05, 4.69) is 34.1 Å². The molecule has 0 bridgehead atoms. The van der Waals surface area contributed by atoms with Gasteiger partial charge in [0.1, 0.15) is 11.4 Å². The first-order valence-corrected chi connectivity index (χ1v) is 11.3. The molecule has 174 valence electrons. The predicted octanol–water partition coefficient (Wildman–Crippen LogP) is 3.94. The van der Waals surface area contributed by atoms with Gasteiger partial charge in [0.2, 0.25) is 0 Å². The predicted molar refractivity (Wildman–Crippen MR) is 128 cm³/mol. The zero-order valence-corrected chi connectivity index (χ0v) is 19.7. The molecule has 2 unspecified atom stereocenters. The molecule has 33 heavy (non-hydrogen) atoms. The molecule has 4 rings (SSSR count). The third-order valence-corrected chi connectivity index (χ3v) is 5.83. The highest BCUT2D eigenvalue weighted by Crippen LogP contribution is 2.35. The van der Waals surface area contributed by atoms with Crippen molar-refractivity contribution in [3.63, 3.8) is 0 Å². The number of carbonyl (C=O) groups excluding carboxylic acids is 1. The van der Waals surface area contributed by atoms with Crippen molar-refractivity contribution in [3.05, 3.63) is 53.9 Å². The molecule has 1 aromatic carbocycles. The molecule has 0 spiro atoms. The summed E-state index contributed by atoms with van der Waals surface area (Å²) < 4.78 is 12.4. The number of carbonyl (C=O) groups is 1. The molecule has 1 fully saturated rings. The molecule has 2 aromatic heterocycles. The quantitative estimate of drug-likeness (QED) is 0.589. The zero-order chi connectivity index (χ0) is 23.4. The number of ether oxygens (including phenoxy) is 2. The van der Waals surface area contributed by atoms with Crippen LogP contribution in [0.1, 0.15) is 13.8 Å². The SMILES string of the molecule is COc1ccc(-c2nn(C(=O)NCCN3CC(C)OC(C)C3)cc2-c2ccncc2)cc1Cl. The first kappa shape index (κ1) is 23.2. The van der Waals surface area contributed by atoms with Crippen molar-refractivity contribution < 1.29 is 14.3 Å². The molecule has 2 atom stereocenters. The summed E-state index contributed by atoms with van der Waals surface area (Å²) in [7, 11) is 1.57. The highest BCUT2D eigenvalue weighted by molar-refractivity contribution is 6.32. The maximum atomic E-state index is 12.9. The van der Waals surface area contributed by atoms with Gasteiger partial charge < -0.3 is 14.8 Å². The van der Waals surface area contributed by atoms with Crippen LogP contribution in [0.3, 0.4) is 0 Å². The van der Waals surface area contributed by atoms with Gasteiger partial charge in [0.25, 0.3) is 0 Å². The lowest BCUT2D eigenvalue weighted by atomic mass is 10.0. The number of aromatic nitrogens is 3. The van der Waals surface area contributed by atoms with E-state index < -0.39 is 0 Å². The van der Waals surface area contributed by atoms with E-state index in [9.17, 15) is 4.79 Å². The van der Waals surface area contributed by atoms with Crippen molar-refractivity contribution in [1.29, 1.82) is 0 Å². The Morgan fingerprint density at radius 1 is 1.18 bits per heavy atom. The van der Waals surface area contributed by atoms with Gasteiger partial charge in [0.15, 0.2) is 0 Å². The molecule has 1 N–H and O–H groups in total. The molecule has 0 aliphatic carbocycles. The lowest BCUT2D eigenvalue weighted by molar-refractivity contribution is -0.0672. The summed E-state index contributed by atoms with van der Waals surface area (Å²) in [6.07, 6.45) is 5.54. The van der Waals surface area contributed by atoms with Crippen LogP contribution in [0.5, 0.6) is 5.75 Å². The van der Waals surface area contributed by atoms with Crippen LogP contribution in [0.2, 0.25) is 5.02 Å². The Kier molecular flexibility index (Phi) is 7.27. The van der Waals surface area contributed by atoms with Crippen molar-refractivity contribution in [2.75, 3.05) is 33.3 Å². The Hall–Kier alpha value is -2.94. The van der Waals surface area contributed by atoms with Crippen LogP contribution >= 0.6 is 11.6 Å². The number of hydrogen-bond donors (Lipinski definition) is 1. The van der Waals surface area contributed by atoms with E-state index in [1.54, 1.807) is 37.8 Å². The van der Waals surface area contributed by atoms with E-state index >= 15 is 0 Å². The minimum absolute atomic E-state index is 0.192. The molecule has 1 amide bonds. The number of pyridine rings is 1. The Balaban J connectivity index is 1.54. The lowest BCUT2D eigenvalue weighted by Gasteiger charge is -2.35. The molecule has 1 saturated heterocycles. The number of hydrogen-bond acceptors (Lipinski definition) is 6. The van der Waals surface area contributed by atoms with E-state index in [1.165, 1.54) is 4.68 Å². The fraction of sp³-hybridized carbons (Fsp3) is 0.375. The Morgan fingerprint density at radius 3 is 2.58 bits per heavy atom. The zero-order valence-electron chi connectivity index (χ0n) is 19.0. The first-order valence-electron chi connectivity index (χ1n) is 10.9. The van der Waals surface area contributed by atoms with Gasteiger partial charge >= 0.3 is 6.03 Å². The molecule has 1 aliphatic heterocycles. The minimum Gasteiger partial charge on any atom is -0.495 e. The molecular weight excluding hydrogens is 442 g/mol. The normalized spacial score (nSPS) is 18.8. The number of nitrogens with one attached hydrogen (secondary N) is 1. The first-order chi connectivity index (χ1) is 15.9. The maximum Gasteiger partial charge on any atom is 0.342 e. The average Bonchev–Trinajstić information content (AvgIpc) is 3.24. The Morgan fingerprint density at radius 2 is 1.91 bits per heavy atom. The van der Waals surface area contributed by atoms with E-state index in [1.807, 2.05) is 18.2 Å². The standard InChI is InChI=1S/C24H28ClN5O3/c1-16-13-29(14-17(2)33-16)11-10-27-24(31)30-15-20(18-6-8-26-9-7-18)23(28-30)19-4-5-22(32-3)21(25)12-19/h4-9,12,15-17H,10-11,13-14H2,1-3H3,(H,27,31). The van der Waals surface area contributed by atoms with E-state index in [0.29, 0.717) is 23.0 Å². The maximum absolute atomic E-state index is 12.9. The van der Waals surface area contributed by atoms with Crippen molar-refractivity contribution >= 4 is 17.6 Å². The molecule has 1 aliphatic rings. The van der Waals surface area contributed by atoms with E-state index in [0.717, 1.165) is 36.3 Å². The van der Waals surface area contributed by atoms with Crippen molar-refractivity contribution in [2.24, 2.45) is 0 Å². The highest BCUT2D eigenvalue weighted by atomic mass is 35.5. The monoisotopic (exact) mass is 469 g/mol. The molecule has 9 heteroatoms.